The third-order valence-corrected chi connectivity index (χ3v) is 3.26. The second-order valence-corrected chi connectivity index (χ2v) is 4.92. The van der Waals surface area contributed by atoms with Crippen LogP contribution < -0.4 is 5.32 Å². The molecule has 0 aliphatic carbocycles. The predicted molar refractivity (Wildman–Crippen MR) is 75.8 cm³/mol. The van der Waals surface area contributed by atoms with Crippen molar-refractivity contribution in [2.75, 3.05) is 13.2 Å². The van der Waals surface area contributed by atoms with Crippen LogP contribution in [0.3, 0.4) is 0 Å². The third kappa shape index (κ3) is 3.58. The van der Waals surface area contributed by atoms with Crippen molar-refractivity contribution in [3.8, 4) is 0 Å². The van der Waals surface area contributed by atoms with Gasteiger partial charge in [-0.25, -0.2) is 0 Å². The highest BCUT2D eigenvalue weighted by molar-refractivity contribution is 5.83. The van der Waals surface area contributed by atoms with Gasteiger partial charge < -0.3 is 15.0 Å². The second kappa shape index (κ2) is 6.38. The zero-order valence-corrected chi connectivity index (χ0v) is 11.2. The minimum absolute atomic E-state index is 0.00569. The highest BCUT2D eigenvalue weighted by Crippen LogP contribution is 2.14. The van der Waals surface area contributed by atoms with Gasteiger partial charge in [0.1, 0.15) is 6.54 Å². The first-order chi connectivity index (χ1) is 9.20. The monoisotopic (exact) mass is 260 g/mol. The van der Waals surface area contributed by atoms with E-state index in [2.05, 4.69) is 5.32 Å². The number of hydrogen-bond acceptors (Lipinski definition) is 2. The number of nitrogens with one attached hydrogen (secondary N) is 1. The summed E-state index contributed by atoms with van der Waals surface area (Å²) >= 11 is 0. The van der Waals surface area contributed by atoms with Crippen molar-refractivity contribution in [2.45, 2.75) is 19.9 Å². The van der Waals surface area contributed by atoms with Crippen molar-refractivity contribution >= 4 is 16.8 Å². The molecule has 4 heteroatoms. The highest BCUT2D eigenvalue weighted by Gasteiger charge is 2.07. The lowest BCUT2D eigenvalue weighted by atomic mass is 10.1. The van der Waals surface area contributed by atoms with Gasteiger partial charge in [-0.3, -0.25) is 4.79 Å². The molecule has 2 aromatic rings. The Bertz CT molecular complexity index is 548. The van der Waals surface area contributed by atoms with E-state index in [1.165, 1.54) is 0 Å². The van der Waals surface area contributed by atoms with E-state index in [0.29, 0.717) is 25.4 Å². The number of aliphatic hydroxyl groups excluding tert-OH is 1. The molecule has 0 fully saturated rings. The van der Waals surface area contributed by atoms with E-state index in [4.69, 9.17) is 5.11 Å². The lowest BCUT2D eigenvalue weighted by Crippen LogP contribution is -2.31. The average molecular weight is 260 g/mol. The molecule has 1 amide bonds. The fourth-order valence-corrected chi connectivity index (χ4v) is 2.10. The first-order valence-electron chi connectivity index (χ1n) is 6.62. The summed E-state index contributed by atoms with van der Waals surface area (Å²) in [6, 6.07) is 10.0. The smallest absolute Gasteiger partial charge is 0.239 e. The summed E-state index contributed by atoms with van der Waals surface area (Å²) in [4.78, 5) is 11.9. The summed E-state index contributed by atoms with van der Waals surface area (Å²) < 4.78 is 1.95. The van der Waals surface area contributed by atoms with E-state index in [-0.39, 0.29) is 12.5 Å². The Hall–Kier alpha value is -1.81. The number of benzene rings is 1. The molecule has 0 saturated heterocycles. The largest absolute Gasteiger partial charge is 0.396 e. The Labute approximate surface area is 113 Å². The number of carbonyl (C=O) groups is 1. The molecule has 4 nitrogen and oxygen atoms in total. The van der Waals surface area contributed by atoms with Crippen molar-refractivity contribution in [2.24, 2.45) is 5.92 Å². The molecule has 19 heavy (non-hydrogen) atoms. The number of aliphatic hydroxyl groups is 1. The van der Waals surface area contributed by atoms with Gasteiger partial charge in [-0.1, -0.05) is 25.1 Å². The molecule has 2 N–H and O–H groups in total. The number of amides is 1. The number of nitrogens with zero attached hydrogens (tertiary/aromatic N) is 1. The van der Waals surface area contributed by atoms with E-state index < -0.39 is 0 Å². The number of para-hydroxylation sites is 1. The molecule has 1 atom stereocenters. The molecular weight excluding hydrogens is 240 g/mol. The number of fused-ring (bicyclic) bond motifs is 1. The normalized spacial score (nSPS) is 12.5. The van der Waals surface area contributed by atoms with Crippen LogP contribution in [0.25, 0.3) is 10.9 Å². The van der Waals surface area contributed by atoms with Crippen LogP contribution in [0.1, 0.15) is 13.3 Å². The molecular formula is C15H20N2O2. The van der Waals surface area contributed by atoms with Gasteiger partial charge in [-0.2, -0.15) is 0 Å². The van der Waals surface area contributed by atoms with E-state index in [1.54, 1.807) is 0 Å². The summed E-state index contributed by atoms with van der Waals surface area (Å²) in [6.45, 7) is 3.12. The quantitative estimate of drug-likeness (QED) is 0.831. The van der Waals surface area contributed by atoms with Crippen LogP contribution in [0.4, 0.5) is 0 Å². The van der Waals surface area contributed by atoms with Crippen LogP contribution in [0, 0.1) is 5.92 Å². The van der Waals surface area contributed by atoms with Crippen LogP contribution in [-0.2, 0) is 11.3 Å². The lowest BCUT2D eigenvalue weighted by Gasteiger charge is -2.12. The standard InChI is InChI=1S/C15H20N2O2/c1-12(7-9-18)10-16-15(19)11-17-8-6-13-4-2-3-5-14(13)17/h2-6,8,12,18H,7,9-11H2,1H3,(H,16,19). The zero-order chi connectivity index (χ0) is 13.7. The van der Waals surface area contributed by atoms with Gasteiger partial charge in [-0.15, -0.1) is 0 Å². The molecule has 2 rings (SSSR count). The second-order valence-electron chi connectivity index (χ2n) is 4.92. The Kier molecular flexibility index (Phi) is 4.58. The summed E-state index contributed by atoms with van der Waals surface area (Å²) in [5, 5.41) is 12.9. The topological polar surface area (TPSA) is 54.3 Å². The van der Waals surface area contributed by atoms with Crippen molar-refractivity contribution in [1.82, 2.24) is 9.88 Å². The molecule has 1 heterocycles. The minimum Gasteiger partial charge on any atom is -0.396 e. The number of rotatable bonds is 6. The Morgan fingerprint density at radius 3 is 2.95 bits per heavy atom. The van der Waals surface area contributed by atoms with Gasteiger partial charge >= 0.3 is 0 Å². The number of hydrogen-bond donors (Lipinski definition) is 2. The van der Waals surface area contributed by atoms with E-state index in [1.807, 2.05) is 48.0 Å². The SMILES string of the molecule is CC(CCO)CNC(=O)Cn1ccc2ccccc21. The lowest BCUT2D eigenvalue weighted by molar-refractivity contribution is -0.121. The van der Waals surface area contributed by atoms with Crippen LogP contribution >= 0.6 is 0 Å². The van der Waals surface area contributed by atoms with Crippen LogP contribution in [0.2, 0.25) is 0 Å². The van der Waals surface area contributed by atoms with Crippen LogP contribution in [-0.4, -0.2) is 28.7 Å². The Balaban J connectivity index is 1.92. The van der Waals surface area contributed by atoms with E-state index >= 15 is 0 Å². The van der Waals surface area contributed by atoms with E-state index in [9.17, 15) is 4.79 Å². The maximum atomic E-state index is 11.9. The maximum absolute atomic E-state index is 11.9. The predicted octanol–water partition coefficient (Wildman–Crippen LogP) is 1.78. The van der Waals surface area contributed by atoms with Gasteiger partial charge in [0, 0.05) is 24.9 Å². The van der Waals surface area contributed by atoms with Gasteiger partial charge in [0.15, 0.2) is 0 Å². The first kappa shape index (κ1) is 13.6. The molecule has 1 unspecified atom stereocenters. The Morgan fingerprint density at radius 1 is 1.37 bits per heavy atom. The molecule has 0 bridgehead atoms. The van der Waals surface area contributed by atoms with Gasteiger partial charge in [0.2, 0.25) is 5.91 Å². The van der Waals surface area contributed by atoms with Crippen molar-refractivity contribution < 1.29 is 9.90 Å². The zero-order valence-electron chi connectivity index (χ0n) is 11.2. The molecule has 0 aliphatic heterocycles. The molecule has 1 aromatic heterocycles. The summed E-state index contributed by atoms with van der Waals surface area (Å²) in [5.41, 5.74) is 1.07. The molecule has 1 aromatic carbocycles. The van der Waals surface area contributed by atoms with Crippen molar-refractivity contribution in [3.05, 3.63) is 36.5 Å². The summed E-state index contributed by atoms with van der Waals surface area (Å²) in [6.07, 6.45) is 2.65. The van der Waals surface area contributed by atoms with E-state index in [0.717, 1.165) is 10.9 Å². The van der Waals surface area contributed by atoms with Gasteiger partial charge in [-0.05, 0) is 29.9 Å². The number of carbonyl (C=O) groups excluding carboxylic acids is 1. The third-order valence-electron chi connectivity index (χ3n) is 3.26. The fraction of sp³-hybridized carbons (Fsp3) is 0.400. The highest BCUT2D eigenvalue weighted by atomic mass is 16.3. The van der Waals surface area contributed by atoms with Gasteiger partial charge in [0.25, 0.3) is 0 Å². The fourth-order valence-electron chi connectivity index (χ4n) is 2.10. The van der Waals surface area contributed by atoms with Crippen molar-refractivity contribution in [3.63, 3.8) is 0 Å². The molecule has 0 saturated carbocycles. The van der Waals surface area contributed by atoms with Crippen LogP contribution in [0.15, 0.2) is 36.5 Å². The maximum Gasteiger partial charge on any atom is 0.239 e. The van der Waals surface area contributed by atoms with Crippen LogP contribution in [0.5, 0.6) is 0 Å². The molecule has 102 valence electrons. The minimum atomic E-state index is 0.00569. The van der Waals surface area contributed by atoms with Gasteiger partial charge in [0.05, 0.1) is 0 Å². The average Bonchev–Trinajstić information content (AvgIpc) is 2.80. The first-order valence-corrected chi connectivity index (χ1v) is 6.62. The number of aromatic nitrogens is 1. The molecule has 0 aliphatic rings. The molecule has 0 spiro atoms. The van der Waals surface area contributed by atoms with Crippen molar-refractivity contribution in [1.29, 1.82) is 0 Å². The summed E-state index contributed by atoms with van der Waals surface area (Å²) in [7, 11) is 0. The Morgan fingerprint density at radius 2 is 2.16 bits per heavy atom. The molecule has 0 radical (unpaired) electrons. The summed E-state index contributed by atoms with van der Waals surface area (Å²) in [5.74, 6) is 0.307.